The fraction of sp³-hybridized carbons (Fsp3) is 0.900. The van der Waals surface area contributed by atoms with Crippen molar-refractivity contribution in [2.75, 3.05) is 13.2 Å². The predicted octanol–water partition coefficient (Wildman–Crippen LogP) is 8.70. The van der Waals surface area contributed by atoms with E-state index in [2.05, 4.69) is 0 Å². The van der Waals surface area contributed by atoms with Gasteiger partial charge in [0.15, 0.2) is 0 Å². The molecular weight excluding hydrogens is 649 g/mol. The van der Waals surface area contributed by atoms with Crippen LogP contribution in [0.1, 0.15) is 219 Å². The number of esters is 2. The molecule has 0 amide bonds. The third-order valence-corrected chi connectivity index (χ3v) is 8.66. The Hall–Kier alpha value is -0.860. The third-order valence-electron chi connectivity index (χ3n) is 8.66. The van der Waals surface area contributed by atoms with Crippen LogP contribution >= 0.6 is 0 Å². The third kappa shape index (κ3) is 56.8. The van der Waals surface area contributed by atoms with Gasteiger partial charge in [-0.05, 0) is 38.5 Å². The van der Waals surface area contributed by atoms with Crippen LogP contribution in [0.2, 0.25) is 0 Å². The number of hydrogen-bond acceptors (Lipinski definition) is 8. The zero-order valence-electron chi connectivity index (χ0n) is 32.0. The summed E-state index contributed by atoms with van der Waals surface area (Å²) < 4.78 is 9.81. The van der Waals surface area contributed by atoms with E-state index in [0.717, 1.165) is 64.2 Å². The molecule has 0 fully saturated rings. The van der Waals surface area contributed by atoms with Crippen LogP contribution in [-0.2, 0) is 28.7 Å². The first-order chi connectivity index (χ1) is 23.3. The molecule has 0 radical (unpaired) electrons. The summed E-state index contributed by atoms with van der Waals surface area (Å²) in [6, 6.07) is 0. The molecule has 49 heavy (non-hydrogen) atoms. The maximum absolute atomic E-state index is 10.6. The molecule has 0 aromatic rings. The van der Waals surface area contributed by atoms with E-state index in [-0.39, 0.29) is 62.5 Å². The summed E-state index contributed by atoms with van der Waals surface area (Å²) in [6.45, 7) is 4.07. The van der Waals surface area contributed by atoms with Gasteiger partial charge in [-0.25, -0.2) is 0 Å². The van der Waals surface area contributed by atoms with E-state index >= 15 is 0 Å². The molecule has 0 unspecified atom stereocenters. The molecule has 0 aliphatic carbocycles. The number of ether oxygens (including phenoxy) is 2. The molecule has 0 saturated carbocycles. The van der Waals surface area contributed by atoms with Crippen molar-refractivity contribution < 1.29 is 38.9 Å². The quantitative estimate of drug-likeness (QED) is 0.0356. The maximum atomic E-state index is 10.6. The molecule has 0 atom stereocenters. The standard InChI is InChI=1S/2C20H38O4.Ca/c2*1-19(21)24-18-16-14-12-10-8-6-4-2-3-5-7-9-11-13-15-17-20(22)23;/h2*2-18H2,1H3,(H,22,23);/q;;+2/p-2. The first kappa shape index (κ1) is 52.5. The van der Waals surface area contributed by atoms with Crippen LogP contribution < -0.4 is 10.2 Å². The molecule has 8 nitrogen and oxygen atoms in total. The van der Waals surface area contributed by atoms with Crippen LogP contribution in [0.5, 0.6) is 0 Å². The van der Waals surface area contributed by atoms with Crippen LogP contribution in [0, 0.1) is 0 Å². The van der Waals surface area contributed by atoms with Crippen molar-refractivity contribution in [3.8, 4) is 0 Å². The van der Waals surface area contributed by atoms with Gasteiger partial charge in [-0.1, -0.05) is 167 Å². The summed E-state index contributed by atoms with van der Waals surface area (Å²) in [6.07, 6.45) is 36.8. The van der Waals surface area contributed by atoms with Gasteiger partial charge in [-0.2, -0.15) is 0 Å². The predicted molar refractivity (Wildman–Crippen MR) is 197 cm³/mol. The van der Waals surface area contributed by atoms with Crippen molar-refractivity contribution in [2.24, 2.45) is 0 Å². The monoisotopic (exact) mass is 723 g/mol. The second kappa shape index (κ2) is 45.2. The number of carbonyl (C=O) groups is 4. The summed E-state index contributed by atoms with van der Waals surface area (Å²) in [7, 11) is 0. The smallest absolute Gasteiger partial charge is 0.550 e. The molecule has 0 spiro atoms. The number of unbranched alkanes of at least 4 members (excludes halogenated alkanes) is 28. The molecule has 0 bridgehead atoms. The largest absolute Gasteiger partial charge is 2.00 e. The SMILES string of the molecule is CC(=O)OCCCCCCCCCCCCCCCCCC(=O)[O-].CC(=O)OCCCCCCCCCCCCCCCCCC(=O)[O-].[Ca+2]. The summed E-state index contributed by atoms with van der Waals surface area (Å²) in [5, 5.41) is 20.5. The van der Waals surface area contributed by atoms with Crippen molar-refractivity contribution in [2.45, 2.75) is 219 Å². The fourth-order valence-corrected chi connectivity index (χ4v) is 5.77. The minimum absolute atomic E-state index is 0. The zero-order chi connectivity index (χ0) is 35.8. The zero-order valence-corrected chi connectivity index (χ0v) is 34.2. The molecule has 0 rings (SSSR count). The number of rotatable bonds is 36. The Morgan fingerprint density at radius 2 is 0.490 bits per heavy atom. The van der Waals surface area contributed by atoms with E-state index in [9.17, 15) is 29.4 Å². The first-order valence-corrected chi connectivity index (χ1v) is 19.9. The van der Waals surface area contributed by atoms with E-state index in [1.807, 2.05) is 0 Å². The second-order valence-corrected chi connectivity index (χ2v) is 13.5. The van der Waals surface area contributed by atoms with Crippen molar-refractivity contribution >= 4 is 61.6 Å². The van der Waals surface area contributed by atoms with Crippen LogP contribution in [0.15, 0.2) is 0 Å². The van der Waals surface area contributed by atoms with Gasteiger partial charge < -0.3 is 29.3 Å². The molecule has 0 heterocycles. The minimum atomic E-state index is -0.919. The number of aliphatic carboxylic acids is 2. The van der Waals surface area contributed by atoms with Gasteiger partial charge in [0.05, 0.1) is 13.2 Å². The average molecular weight is 723 g/mol. The topological polar surface area (TPSA) is 133 Å². The fourth-order valence-electron chi connectivity index (χ4n) is 5.77. The second-order valence-electron chi connectivity index (χ2n) is 13.5. The van der Waals surface area contributed by atoms with Crippen molar-refractivity contribution in [3.05, 3.63) is 0 Å². The van der Waals surface area contributed by atoms with Crippen LogP contribution in [-0.4, -0.2) is 74.8 Å². The Kier molecular flexibility index (Phi) is 48.4. The van der Waals surface area contributed by atoms with Crippen molar-refractivity contribution in [1.82, 2.24) is 0 Å². The summed E-state index contributed by atoms with van der Waals surface area (Å²) in [5.41, 5.74) is 0. The van der Waals surface area contributed by atoms with E-state index in [1.54, 1.807) is 0 Å². The average Bonchev–Trinajstić information content (AvgIpc) is 3.03. The number of hydrogen-bond donors (Lipinski definition) is 0. The van der Waals surface area contributed by atoms with Crippen molar-refractivity contribution in [1.29, 1.82) is 0 Å². The maximum Gasteiger partial charge on any atom is 2.00 e. The Balaban J connectivity index is -0.000000846. The van der Waals surface area contributed by atoms with Gasteiger partial charge in [0.25, 0.3) is 0 Å². The summed E-state index contributed by atoms with van der Waals surface area (Å²) in [4.78, 5) is 41.7. The summed E-state index contributed by atoms with van der Waals surface area (Å²) in [5.74, 6) is -2.19. The Morgan fingerprint density at radius 1 is 0.327 bits per heavy atom. The van der Waals surface area contributed by atoms with E-state index in [1.165, 1.54) is 142 Å². The number of carboxylic acid groups (broad SMARTS) is 2. The molecule has 0 aliphatic heterocycles. The molecule has 0 aromatic heterocycles. The molecule has 9 heteroatoms. The molecule has 284 valence electrons. The Morgan fingerprint density at radius 3 is 0.653 bits per heavy atom. The van der Waals surface area contributed by atoms with Crippen LogP contribution in [0.4, 0.5) is 0 Å². The van der Waals surface area contributed by atoms with Gasteiger partial charge in [-0.15, -0.1) is 0 Å². The molecule has 0 aliphatic rings. The van der Waals surface area contributed by atoms with Gasteiger partial charge in [0.2, 0.25) is 0 Å². The van der Waals surface area contributed by atoms with Crippen LogP contribution in [0.25, 0.3) is 0 Å². The summed E-state index contributed by atoms with van der Waals surface area (Å²) >= 11 is 0. The van der Waals surface area contributed by atoms with Gasteiger partial charge in [0.1, 0.15) is 0 Å². The Bertz CT molecular complexity index is 611. The number of carbonyl (C=O) groups excluding carboxylic acids is 4. The normalized spacial score (nSPS) is 10.5. The molecule has 0 aromatic carbocycles. The molecule has 0 N–H and O–H groups in total. The van der Waals surface area contributed by atoms with Gasteiger partial charge in [-0.3, -0.25) is 9.59 Å². The first-order valence-electron chi connectivity index (χ1n) is 19.9. The minimum Gasteiger partial charge on any atom is -0.550 e. The van der Waals surface area contributed by atoms with Gasteiger partial charge >= 0.3 is 49.7 Å². The van der Waals surface area contributed by atoms with Gasteiger partial charge in [0, 0.05) is 25.8 Å². The van der Waals surface area contributed by atoms with Crippen molar-refractivity contribution in [3.63, 3.8) is 0 Å². The van der Waals surface area contributed by atoms with E-state index < -0.39 is 11.9 Å². The van der Waals surface area contributed by atoms with E-state index in [4.69, 9.17) is 9.47 Å². The molecular formula is C40H74CaO8. The van der Waals surface area contributed by atoms with Crippen LogP contribution in [0.3, 0.4) is 0 Å². The molecule has 0 saturated heterocycles. The Labute approximate surface area is 331 Å². The number of carboxylic acids is 2. The van der Waals surface area contributed by atoms with E-state index in [0.29, 0.717) is 13.2 Å².